The van der Waals surface area contributed by atoms with Crippen molar-refractivity contribution in [3.8, 4) is 0 Å². The minimum absolute atomic E-state index is 0.0760. The molecular formula is C12H21NO3. The molecule has 0 bridgehead atoms. The van der Waals surface area contributed by atoms with Crippen molar-refractivity contribution >= 4 is 11.8 Å². The van der Waals surface area contributed by atoms with Gasteiger partial charge in [0.2, 0.25) is 11.8 Å². The van der Waals surface area contributed by atoms with E-state index in [-0.39, 0.29) is 23.8 Å². The van der Waals surface area contributed by atoms with Gasteiger partial charge in [0.15, 0.2) is 0 Å². The molecule has 0 aromatic rings. The zero-order valence-corrected chi connectivity index (χ0v) is 10.5. The normalized spacial score (nSPS) is 20.7. The van der Waals surface area contributed by atoms with Crippen LogP contribution in [-0.4, -0.2) is 35.0 Å². The molecule has 2 amide bonds. The number of likely N-dealkylation sites (tertiary alicyclic amines) is 1. The molecule has 4 nitrogen and oxygen atoms in total. The highest BCUT2D eigenvalue weighted by molar-refractivity contribution is 6.05. The summed E-state index contributed by atoms with van der Waals surface area (Å²) in [5.74, 6) is -0.190. The third kappa shape index (κ3) is 2.61. The second kappa shape index (κ2) is 4.17. The minimum atomic E-state index is -0.563. The molecule has 1 aliphatic heterocycles. The highest BCUT2D eigenvalue weighted by atomic mass is 16.3. The largest absolute Gasteiger partial charge is 0.396 e. The van der Waals surface area contributed by atoms with Crippen molar-refractivity contribution in [1.82, 2.24) is 4.90 Å². The standard InChI is InChI=1S/C12H21NO3/c1-11(2,5-6-14)8-13-9(15)7-12(3,4)10(13)16/h14H,5-8H2,1-4H3. The maximum absolute atomic E-state index is 12.0. The number of carbonyl (C=O) groups excluding carboxylic acids is 2. The molecule has 92 valence electrons. The van der Waals surface area contributed by atoms with E-state index in [0.717, 1.165) is 0 Å². The lowest BCUT2D eigenvalue weighted by Crippen LogP contribution is -2.40. The van der Waals surface area contributed by atoms with Crippen LogP contribution in [0.1, 0.15) is 40.5 Å². The van der Waals surface area contributed by atoms with Crippen molar-refractivity contribution in [2.24, 2.45) is 10.8 Å². The van der Waals surface area contributed by atoms with E-state index in [9.17, 15) is 9.59 Å². The zero-order valence-electron chi connectivity index (χ0n) is 10.5. The van der Waals surface area contributed by atoms with Crippen molar-refractivity contribution in [1.29, 1.82) is 0 Å². The Kier molecular flexibility index (Phi) is 3.43. The van der Waals surface area contributed by atoms with Gasteiger partial charge in [0.05, 0.1) is 5.41 Å². The number of carbonyl (C=O) groups is 2. The SMILES string of the molecule is CC(C)(CCO)CN1C(=O)CC(C)(C)C1=O. The first kappa shape index (κ1) is 13.2. The van der Waals surface area contributed by atoms with Crippen LogP contribution < -0.4 is 0 Å². The summed E-state index contributed by atoms with van der Waals surface area (Å²) in [5.41, 5.74) is -0.785. The van der Waals surface area contributed by atoms with Crippen molar-refractivity contribution < 1.29 is 14.7 Å². The molecule has 0 aromatic carbocycles. The summed E-state index contributed by atoms with van der Waals surface area (Å²) in [7, 11) is 0. The molecule has 16 heavy (non-hydrogen) atoms. The van der Waals surface area contributed by atoms with Gasteiger partial charge < -0.3 is 5.11 Å². The molecule has 1 rings (SSSR count). The van der Waals surface area contributed by atoms with Gasteiger partial charge in [0.1, 0.15) is 0 Å². The number of imide groups is 1. The maximum atomic E-state index is 12.0. The van der Waals surface area contributed by atoms with Crippen LogP contribution in [0.5, 0.6) is 0 Å². The Balaban J connectivity index is 2.76. The summed E-state index contributed by atoms with van der Waals surface area (Å²) < 4.78 is 0. The second-order valence-corrected chi connectivity index (χ2v) is 5.98. The predicted octanol–water partition coefficient (Wildman–Crippen LogP) is 1.18. The summed E-state index contributed by atoms with van der Waals surface area (Å²) in [6.07, 6.45) is 0.880. The average Bonchev–Trinajstić information content (AvgIpc) is 2.28. The highest BCUT2D eigenvalue weighted by Gasteiger charge is 2.45. The van der Waals surface area contributed by atoms with Crippen molar-refractivity contribution in [3.05, 3.63) is 0 Å². The average molecular weight is 227 g/mol. The molecule has 0 atom stereocenters. The van der Waals surface area contributed by atoms with Crippen LogP contribution in [0.15, 0.2) is 0 Å². The maximum Gasteiger partial charge on any atom is 0.235 e. The fourth-order valence-corrected chi connectivity index (χ4v) is 2.00. The van der Waals surface area contributed by atoms with E-state index in [4.69, 9.17) is 5.11 Å². The van der Waals surface area contributed by atoms with Gasteiger partial charge >= 0.3 is 0 Å². The third-order valence-corrected chi connectivity index (χ3v) is 3.09. The summed E-state index contributed by atoms with van der Waals surface area (Å²) in [6, 6.07) is 0. The highest BCUT2D eigenvalue weighted by Crippen LogP contribution is 2.34. The number of rotatable bonds is 4. The van der Waals surface area contributed by atoms with Crippen molar-refractivity contribution in [2.75, 3.05) is 13.2 Å². The molecule has 0 unspecified atom stereocenters. The predicted molar refractivity (Wildman–Crippen MR) is 60.6 cm³/mol. The molecule has 1 N–H and O–H groups in total. The Morgan fingerprint density at radius 1 is 1.38 bits per heavy atom. The molecule has 0 aliphatic carbocycles. The van der Waals surface area contributed by atoms with Gasteiger partial charge in [-0.05, 0) is 11.8 Å². The van der Waals surface area contributed by atoms with Crippen LogP contribution in [0.3, 0.4) is 0 Å². The molecule has 0 radical (unpaired) electrons. The van der Waals surface area contributed by atoms with Crippen LogP contribution in [-0.2, 0) is 9.59 Å². The summed E-state index contributed by atoms with van der Waals surface area (Å²) in [4.78, 5) is 25.0. The van der Waals surface area contributed by atoms with E-state index in [1.54, 1.807) is 13.8 Å². The molecule has 0 saturated carbocycles. The number of aliphatic hydroxyl groups excluding tert-OH is 1. The molecule has 1 heterocycles. The van der Waals surface area contributed by atoms with Crippen LogP contribution in [0.25, 0.3) is 0 Å². The Bertz CT molecular complexity index is 307. The Hall–Kier alpha value is -0.900. The second-order valence-electron chi connectivity index (χ2n) is 5.98. The minimum Gasteiger partial charge on any atom is -0.396 e. The number of nitrogens with zero attached hydrogens (tertiary/aromatic N) is 1. The lowest BCUT2D eigenvalue weighted by molar-refractivity contribution is -0.142. The number of aliphatic hydroxyl groups is 1. The Morgan fingerprint density at radius 3 is 2.31 bits per heavy atom. The molecule has 0 spiro atoms. The molecule has 4 heteroatoms. The molecule has 1 aliphatic rings. The van der Waals surface area contributed by atoms with E-state index in [1.165, 1.54) is 4.90 Å². The monoisotopic (exact) mass is 227 g/mol. The zero-order chi connectivity index (χ0) is 12.6. The van der Waals surface area contributed by atoms with Crippen LogP contribution in [0, 0.1) is 10.8 Å². The van der Waals surface area contributed by atoms with Crippen molar-refractivity contribution in [2.45, 2.75) is 40.5 Å². The number of hydrogen-bond donors (Lipinski definition) is 1. The van der Waals surface area contributed by atoms with Gasteiger partial charge in [-0.2, -0.15) is 0 Å². The fourth-order valence-electron chi connectivity index (χ4n) is 2.00. The smallest absolute Gasteiger partial charge is 0.235 e. The van der Waals surface area contributed by atoms with E-state index < -0.39 is 5.41 Å². The van der Waals surface area contributed by atoms with E-state index in [2.05, 4.69) is 0 Å². The topological polar surface area (TPSA) is 57.6 Å². The lowest BCUT2D eigenvalue weighted by atomic mass is 9.88. The lowest BCUT2D eigenvalue weighted by Gasteiger charge is -2.29. The van der Waals surface area contributed by atoms with Gasteiger partial charge in [-0.1, -0.05) is 27.7 Å². The first-order valence-corrected chi connectivity index (χ1v) is 5.65. The van der Waals surface area contributed by atoms with E-state index in [0.29, 0.717) is 19.4 Å². The molecule has 1 saturated heterocycles. The number of hydrogen-bond acceptors (Lipinski definition) is 3. The fraction of sp³-hybridized carbons (Fsp3) is 0.833. The molecular weight excluding hydrogens is 206 g/mol. The summed E-state index contributed by atoms with van der Waals surface area (Å²) >= 11 is 0. The van der Waals surface area contributed by atoms with E-state index in [1.807, 2.05) is 13.8 Å². The van der Waals surface area contributed by atoms with Gasteiger partial charge in [-0.15, -0.1) is 0 Å². The van der Waals surface area contributed by atoms with Crippen LogP contribution in [0.4, 0.5) is 0 Å². The molecule has 1 fully saturated rings. The van der Waals surface area contributed by atoms with Gasteiger partial charge in [-0.3, -0.25) is 14.5 Å². The molecule has 0 aromatic heterocycles. The first-order valence-electron chi connectivity index (χ1n) is 5.65. The Morgan fingerprint density at radius 2 is 1.94 bits per heavy atom. The first-order chi connectivity index (χ1) is 7.19. The summed E-state index contributed by atoms with van der Waals surface area (Å²) in [6.45, 7) is 7.98. The van der Waals surface area contributed by atoms with Gasteiger partial charge in [0.25, 0.3) is 0 Å². The van der Waals surface area contributed by atoms with Gasteiger partial charge in [-0.25, -0.2) is 0 Å². The Labute approximate surface area is 96.6 Å². The van der Waals surface area contributed by atoms with Crippen LogP contribution in [0.2, 0.25) is 0 Å². The number of amides is 2. The van der Waals surface area contributed by atoms with Crippen molar-refractivity contribution in [3.63, 3.8) is 0 Å². The third-order valence-electron chi connectivity index (χ3n) is 3.09. The van der Waals surface area contributed by atoms with E-state index >= 15 is 0 Å². The summed E-state index contributed by atoms with van der Waals surface area (Å²) in [5, 5.41) is 8.92. The quantitative estimate of drug-likeness (QED) is 0.734. The van der Waals surface area contributed by atoms with Crippen LogP contribution >= 0.6 is 0 Å². The van der Waals surface area contributed by atoms with Gasteiger partial charge in [0, 0.05) is 19.6 Å².